The van der Waals surface area contributed by atoms with Crippen molar-refractivity contribution in [1.82, 2.24) is 0 Å². The van der Waals surface area contributed by atoms with Gasteiger partial charge in [-0.05, 0) is 32.3 Å². The summed E-state index contributed by atoms with van der Waals surface area (Å²) in [5.74, 6) is -1.32. The molecule has 0 aliphatic heterocycles. The Morgan fingerprint density at radius 2 is 1.70 bits per heavy atom. The van der Waals surface area contributed by atoms with Crippen molar-refractivity contribution in [1.29, 1.82) is 0 Å². The number of carbonyl (C=O) groups excluding carboxylic acids is 3. The van der Waals surface area contributed by atoms with E-state index in [0.29, 0.717) is 6.42 Å². The summed E-state index contributed by atoms with van der Waals surface area (Å²) in [6.07, 6.45) is 2.20. The lowest BCUT2D eigenvalue weighted by Gasteiger charge is -2.28. The van der Waals surface area contributed by atoms with Crippen LogP contribution in [0.2, 0.25) is 0 Å². The van der Waals surface area contributed by atoms with Crippen molar-refractivity contribution in [2.24, 2.45) is 11.8 Å². The van der Waals surface area contributed by atoms with E-state index in [1.807, 2.05) is 30.3 Å². The molecule has 0 heterocycles. The lowest BCUT2D eigenvalue weighted by molar-refractivity contribution is -0.132. The summed E-state index contributed by atoms with van der Waals surface area (Å²) in [6, 6.07) is 9.50. The summed E-state index contributed by atoms with van der Waals surface area (Å²) in [7, 11) is 0. The monoisotopic (exact) mass is 272 g/mol. The highest BCUT2D eigenvalue weighted by atomic mass is 16.2. The number of Topliss-reactive ketones (excluding diaryl/α,β-unsaturated/α-hetero) is 3. The van der Waals surface area contributed by atoms with E-state index in [-0.39, 0.29) is 29.2 Å². The molecular formula is C17H20O3. The minimum absolute atomic E-state index is 0.147. The first-order valence-electron chi connectivity index (χ1n) is 7.11. The van der Waals surface area contributed by atoms with E-state index in [2.05, 4.69) is 0 Å². The molecule has 1 fully saturated rings. The van der Waals surface area contributed by atoms with E-state index in [1.165, 1.54) is 13.8 Å². The minimum Gasteiger partial charge on any atom is -0.299 e. The van der Waals surface area contributed by atoms with E-state index >= 15 is 0 Å². The van der Waals surface area contributed by atoms with E-state index in [9.17, 15) is 14.4 Å². The molecular weight excluding hydrogens is 252 g/mol. The summed E-state index contributed by atoms with van der Waals surface area (Å²) in [5, 5.41) is 0. The van der Waals surface area contributed by atoms with Gasteiger partial charge in [-0.15, -0.1) is 0 Å². The van der Waals surface area contributed by atoms with Crippen LogP contribution in [0.5, 0.6) is 0 Å². The molecule has 1 aliphatic rings. The average Bonchev–Trinajstić information content (AvgIpc) is 2.82. The summed E-state index contributed by atoms with van der Waals surface area (Å²) < 4.78 is 0. The SMILES string of the molecule is CC(=O)C(C(C)=O)C(c1ccccc1)C1CCCC1=O. The quantitative estimate of drug-likeness (QED) is 0.774. The van der Waals surface area contributed by atoms with Gasteiger partial charge in [-0.1, -0.05) is 30.3 Å². The highest BCUT2D eigenvalue weighted by Crippen LogP contribution is 2.40. The average molecular weight is 272 g/mol. The predicted molar refractivity (Wildman–Crippen MR) is 76.4 cm³/mol. The maximum Gasteiger partial charge on any atom is 0.140 e. The largest absolute Gasteiger partial charge is 0.299 e. The third-order valence-electron chi connectivity index (χ3n) is 4.20. The third kappa shape index (κ3) is 2.87. The Bertz CT molecular complexity index is 504. The van der Waals surface area contributed by atoms with Crippen LogP contribution >= 0.6 is 0 Å². The molecule has 3 nitrogen and oxygen atoms in total. The molecule has 3 heteroatoms. The Morgan fingerprint density at radius 1 is 1.10 bits per heavy atom. The summed E-state index contributed by atoms with van der Waals surface area (Å²) >= 11 is 0. The Kier molecular flexibility index (Phi) is 4.48. The first kappa shape index (κ1) is 14.6. The van der Waals surface area contributed by atoms with E-state index in [1.54, 1.807) is 0 Å². The van der Waals surface area contributed by atoms with Crippen molar-refractivity contribution in [2.75, 3.05) is 0 Å². The molecule has 20 heavy (non-hydrogen) atoms. The van der Waals surface area contributed by atoms with E-state index < -0.39 is 5.92 Å². The molecule has 2 atom stereocenters. The molecule has 0 amide bonds. The molecule has 2 unspecified atom stereocenters. The maximum absolute atomic E-state index is 12.1. The fourth-order valence-corrected chi connectivity index (χ4v) is 3.35. The van der Waals surface area contributed by atoms with Crippen molar-refractivity contribution < 1.29 is 14.4 Å². The molecule has 1 aromatic carbocycles. The van der Waals surface area contributed by atoms with Crippen LogP contribution in [0.1, 0.15) is 44.6 Å². The first-order chi connectivity index (χ1) is 9.52. The van der Waals surface area contributed by atoms with Gasteiger partial charge in [-0.3, -0.25) is 14.4 Å². The number of hydrogen-bond donors (Lipinski definition) is 0. The highest BCUT2D eigenvalue weighted by molar-refractivity contribution is 6.02. The maximum atomic E-state index is 12.1. The predicted octanol–water partition coefficient (Wildman–Crippen LogP) is 2.93. The van der Waals surface area contributed by atoms with Crippen LogP contribution in [0, 0.1) is 11.8 Å². The molecule has 1 aliphatic carbocycles. The lowest BCUT2D eigenvalue weighted by Crippen LogP contribution is -2.33. The second-order valence-electron chi connectivity index (χ2n) is 5.60. The molecule has 1 saturated carbocycles. The number of carbonyl (C=O) groups is 3. The van der Waals surface area contributed by atoms with Gasteiger partial charge in [-0.25, -0.2) is 0 Å². The Balaban J connectivity index is 2.45. The van der Waals surface area contributed by atoms with Crippen LogP contribution in [0.25, 0.3) is 0 Å². The first-order valence-corrected chi connectivity index (χ1v) is 7.11. The molecule has 0 spiro atoms. The Morgan fingerprint density at radius 3 is 2.15 bits per heavy atom. The summed E-state index contributed by atoms with van der Waals surface area (Å²) in [5.41, 5.74) is 0.920. The van der Waals surface area contributed by atoms with Crippen molar-refractivity contribution >= 4 is 17.3 Å². The fourth-order valence-electron chi connectivity index (χ4n) is 3.35. The molecule has 2 rings (SSSR count). The van der Waals surface area contributed by atoms with Crippen LogP contribution in [-0.2, 0) is 14.4 Å². The Labute approximate surface area is 119 Å². The van der Waals surface area contributed by atoms with E-state index in [0.717, 1.165) is 18.4 Å². The van der Waals surface area contributed by atoms with Gasteiger partial charge in [-0.2, -0.15) is 0 Å². The summed E-state index contributed by atoms with van der Waals surface area (Å²) in [6.45, 7) is 2.89. The zero-order chi connectivity index (χ0) is 14.7. The van der Waals surface area contributed by atoms with Gasteiger partial charge >= 0.3 is 0 Å². The third-order valence-corrected chi connectivity index (χ3v) is 4.20. The molecule has 0 aromatic heterocycles. The molecule has 0 N–H and O–H groups in total. The van der Waals surface area contributed by atoms with Gasteiger partial charge in [0.1, 0.15) is 17.3 Å². The topological polar surface area (TPSA) is 51.2 Å². The van der Waals surface area contributed by atoms with Gasteiger partial charge in [0.15, 0.2) is 0 Å². The molecule has 106 valence electrons. The van der Waals surface area contributed by atoms with E-state index in [4.69, 9.17) is 0 Å². The highest BCUT2D eigenvalue weighted by Gasteiger charge is 2.41. The fraction of sp³-hybridized carbons (Fsp3) is 0.471. The number of rotatable bonds is 5. The van der Waals surface area contributed by atoms with Gasteiger partial charge in [0, 0.05) is 18.3 Å². The molecule has 1 aromatic rings. The lowest BCUT2D eigenvalue weighted by atomic mass is 9.72. The summed E-state index contributed by atoms with van der Waals surface area (Å²) in [4.78, 5) is 36.0. The van der Waals surface area contributed by atoms with Crippen molar-refractivity contribution in [3.05, 3.63) is 35.9 Å². The van der Waals surface area contributed by atoms with Gasteiger partial charge < -0.3 is 0 Å². The van der Waals surface area contributed by atoms with Gasteiger partial charge in [0.25, 0.3) is 0 Å². The number of ketones is 3. The smallest absolute Gasteiger partial charge is 0.140 e. The number of hydrogen-bond acceptors (Lipinski definition) is 3. The second kappa shape index (κ2) is 6.12. The standard InChI is InChI=1S/C17H20O3/c1-11(18)16(12(2)19)17(13-7-4-3-5-8-13)14-9-6-10-15(14)20/h3-5,7-8,14,16-17H,6,9-10H2,1-2H3. The molecule has 0 bridgehead atoms. The van der Waals surface area contributed by atoms with Crippen LogP contribution in [-0.4, -0.2) is 17.3 Å². The van der Waals surface area contributed by atoms with Crippen molar-refractivity contribution in [3.63, 3.8) is 0 Å². The normalized spacial score (nSPS) is 20.1. The van der Waals surface area contributed by atoms with Crippen LogP contribution in [0.15, 0.2) is 30.3 Å². The Hall–Kier alpha value is -1.77. The van der Waals surface area contributed by atoms with Crippen LogP contribution < -0.4 is 0 Å². The second-order valence-corrected chi connectivity index (χ2v) is 5.60. The zero-order valence-electron chi connectivity index (χ0n) is 12.0. The number of benzene rings is 1. The van der Waals surface area contributed by atoms with Gasteiger partial charge in [0.05, 0.1) is 5.92 Å². The van der Waals surface area contributed by atoms with Crippen LogP contribution in [0.3, 0.4) is 0 Å². The minimum atomic E-state index is -0.704. The zero-order valence-corrected chi connectivity index (χ0v) is 12.0. The van der Waals surface area contributed by atoms with Crippen LogP contribution in [0.4, 0.5) is 0 Å². The van der Waals surface area contributed by atoms with Gasteiger partial charge in [0.2, 0.25) is 0 Å². The van der Waals surface area contributed by atoms with Crippen molar-refractivity contribution in [3.8, 4) is 0 Å². The van der Waals surface area contributed by atoms with Crippen molar-refractivity contribution in [2.45, 2.75) is 39.0 Å². The molecule has 0 radical (unpaired) electrons. The molecule has 0 saturated heterocycles.